The highest BCUT2D eigenvalue weighted by Crippen LogP contribution is 2.24. The van der Waals surface area contributed by atoms with Gasteiger partial charge < -0.3 is 10.4 Å². The molecule has 6 heteroatoms. The van der Waals surface area contributed by atoms with Crippen molar-refractivity contribution in [3.8, 4) is 0 Å². The van der Waals surface area contributed by atoms with Crippen molar-refractivity contribution in [2.24, 2.45) is 0 Å². The van der Waals surface area contributed by atoms with Crippen molar-refractivity contribution in [2.75, 3.05) is 5.32 Å². The van der Waals surface area contributed by atoms with Gasteiger partial charge in [0, 0.05) is 5.69 Å². The molecule has 98 valence electrons. The van der Waals surface area contributed by atoms with Crippen molar-refractivity contribution in [2.45, 2.75) is 6.92 Å². The molecular formula is C13H10F2N2O2. The van der Waals surface area contributed by atoms with E-state index in [1.165, 1.54) is 6.20 Å². The lowest BCUT2D eigenvalue weighted by Crippen LogP contribution is -2.03. The van der Waals surface area contributed by atoms with Crippen LogP contribution in [0.4, 0.5) is 20.2 Å². The molecule has 0 aliphatic carbocycles. The third-order valence-corrected chi connectivity index (χ3v) is 2.47. The molecule has 0 unspecified atom stereocenters. The number of carboxylic acid groups (broad SMARTS) is 1. The molecule has 19 heavy (non-hydrogen) atoms. The number of benzene rings is 1. The number of aromatic nitrogens is 1. The van der Waals surface area contributed by atoms with E-state index >= 15 is 0 Å². The molecule has 0 amide bonds. The number of aryl methyl sites for hydroxylation is 1. The number of nitrogens with zero attached hydrogens (tertiary/aromatic N) is 1. The van der Waals surface area contributed by atoms with E-state index in [1.807, 2.05) is 0 Å². The minimum absolute atomic E-state index is 0.407. The number of anilines is 2. The highest BCUT2D eigenvalue weighted by atomic mass is 19.1. The van der Waals surface area contributed by atoms with Gasteiger partial charge in [-0.05, 0) is 31.2 Å². The molecule has 0 bridgehead atoms. The van der Waals surface area contributed by atoms with Gasteiger partial charge in [-0.1, -0.05) is 0 Å². The summed E-state index contributed by atoms with van der Waals surface area (Å²) >= 11 is 0. The molecule has 0 fully saturated rings. The molecule has 4 nitrogen and oxygen atoms in total. The number of hydrogen-bond donors (Lipinski definition) is 2. The van der Waals surface area contributed by atoms with Gasteiger partial charge in [0.05, 0.1) is 17.4 Å². The van der Waals surface area contributed by atoms with Gasteiger partial charge in [-0.15, -0.1) is 0 Å². The van der Waals surface area contributed by atoms with Gasteiger partial charge in [-0.2, -0.15) is 0 Å². The van der Waals surface area contributed by atoms with Crippen LogP contribution in [0.25, 0.3) is 0 Å². The molecule has 0 saturated carbocycles. The molecule has 2 N–H and O–H groups in total. The summed E-state index contributed by atoms with van der Waals surface area (Å²) in [4.78, 5) is 14.6. The van der Waals surface area contributed by atoms with Gasteiger partial charge in [-0.3, -0.25) is 4.98 Å². The summed E-state index contributed by atoms with van der Waals surface area (Å²) in [5.74, 6) is -3.34. The molecule has 2 rings (SSSR count). The van der Waals surface area contributed by atoms with Crippen LogP contribution in [0.3, 0.4) is 0 Å². The van der Waals surface area contributed by atoms with Gasteiger partial charge in [-0.25, -0.2) is 13.6 Å². The Balaban J connectivity index is 2.35. The molecule has 1 aromatic carbocycles. The third kappa shape index (κ3) is 2.85. The van der Waals surface area contributed by atoms with Gasteiger partial charge in [0.1, 0.15) is 5.69 Å². The van der Waals surface area contributed by atoms with Crippen molar-refractivity contribution >= 4 is 17.3 Å². The summed E-state index contributed by atoms with van der Waals surface area (Å²) < 4.78 is 27.3. The number of rotatable bonds is 3. The molecule has 0 spiro atoms. The summed E-state index contributed by atoms with van der Waals surface area (Å²) in [6.07, 6.45) is 1.43. The van der Waals surface area contributed by atoms with Crippen LogP contribution < -0.4 is 5.32 Å². The van der Waals surface area contributed by atoms with Crippen molar-refractivity contribution in [3.63, 3.8) is 0 Å². The average Bonchev–Trinajstić information content (AvgIpc) is 2.35. The Morgan fingerprint density at radius 1 is 1.26 bits per heavy atom. The lowest BCUT2D eigenvalue weighted by Gasteiger charge is -2.09. The summed E-state index contributed by atoms with van der Waals surface area (Å²) in [6, 6.07) is 4.82. The van der Waals surface area contributed by atoms with Crippen LogP contribution in [0.5, 0.6) is 0 Å². The zero-order valence-electron chi connectivity index (χ0n) is 9.95. The minimum atomic E-state index is -1.39. The maximum absolute atomic E-state index is 13.6. The van der Waals surface area contributed by atoms with E-state index < -0.39 is 28.9 Å². The van der Waals surface area contributed by atoms with E-state index in [4.69, 9.17) is 5.11 Å². The number of carboxylic acids is 1. The number of pyridine rings is 1. The number of nitrogens with one attached hydrogen (secondary N) is 1. The van der Waals surface area contributed by atoms with Crippen molar-refractivity contribution in [1.82, 2.24) is 4.98 Å². The molecule has 2 aromatic rings. The van der Waals surface area contributed by atoms with Crippen molar-refractivity contribution in [3.05, 3.63) is 53.4 Å². The van der Waals surface area contributed by atoms with Crippen LogP contribution in [-0.2, 0) is 0 Å². The van der Waals surface area contributed by atoms with Gasteiger partial charge in [0.25, 0.3) is 0 Å². The maximum atomic E-state index is 13.6. The van der Waals surface area contributed by atoms with Crippen LogP contribution in [0.15, 0.2) is 30.5 Å². The van der Waals surface area contributed by atoms with Crippen molar-refractivity contribution in [1.29, 1.82) is 0 Å². The fourth-order valence-corrected chi connectivity index (χ4v) is 1.50. The molecule has 1 heterocycles. The van der Waals surface area contributed by atoms with E-state index in [0.29, 0.717) is 5.69 Å². The number of carbonyl (C=O) groups is 1. The number of halogens is 2. The van der Waals surface area contributed by atoms with E-state index in [0.717, 1.165) is 17.8 Å². The molecular weight excluding hydrogens is 254 g/mol. The lowest BCUT2D eigenvalue weighted by molar-refractivity contribution is 0.0696. The highest BCUT2D eigenvalue weighted by Gasteiger charge is 2.14. The lowest BCUT2D eigenvalue weighted by atomic mass is 10.2. The Labute approximate surface area is 107 Å². The predicted octanol–water partition coefficient (Wildman–Crippen LogP) is 3.11. The second-order valence-electron chi connectivity index (χ2n) is 3.93. The standard InChI is InChI=1S/C13H10F2N2O2/c1-7-2-3-9(6-16-7)17-12-10(14)4-8(13(18)19)5-11(12)15/h2-6,17H,1H3,(H,18,19). The SMILES string of the molecule is Cc1ccc(Nc2c(F)cc(C(=O)O)cc2F)cn1. The van der Waals surface area contributed by atoms with Crippen molar-refractivity contribution < 1.29 is 18.7 Å². The highest BCUT2D eigenvalue weighted by molar-refractivity contribution is 5.88. The summed E-state index contributed by atoms with van der Waals surface area (Å²) in [5.41, 5.74) is 0.331. The zero-order valence-corrected chi connectivity index (χ0v) is 9.95. The average molecular weight is 264 g/mol. The summed E-state index contributed by atoms with van der Waals surface area (Å²) in [6.45, 7) is 1.78. The normalized spacial score (nSPS) is 10.3. The molecule has 0 saturated heterocycles. The smallest absolute Gasteiger partial charge is 0.335 e. The Morgan fingerprint density at radius 3 is 2.37 bits per heavy atom. The predicted molar refractivity (Wildman–Crippen MR) is 65.6 cm³/mol. The zero-order chi connectivity index (χ0) is 14.0. The topological polar surface area (TPSA) is 62.2 Å². The van der Waals surface area contributed by atoms with E-state index in [9.17, 15) is 13.6 Å². The largest absolute Gasteiger partial charge is 0.478 e. The number of aromatic carboxylic acids is 1. The summed E-state index contributed by atoms with van der Waals surface area (Å²) in [7, 11) is 0. The molecule has 0 aliphatic rings. The Morgan fingerprint density at radius 2 is 1.89 bits per heavy atom. The monoisotopic (exact) mass is 264 g/mol. The first-order valence-corrected chi connectivity index (χ1v) is 5.39. The quantitative estimate of drug-likeness (QED) is 0.894. The Bertz CT molecular complexity index is 604. The fourth-order valence-electron chi connectivity index (χ4n) is 1.50. The first-order chi connectivity index (χ1) is 8.97. The molecule has 0 radical (unpaired) electrons. The summed E-state index contributed by atoms with van der Waals surface area (Å²) in [5, 5.41) is 11.2. The maximum Gasteiger partial charge on any atom is 0.335 e. The first-order valence-electron chi connectivity index (χ1n) is 5.39. The molecule has 0 atom stereocenters. The van der Waals surface area contributed by atoms with Crippen LogP contribution >= 0.6 is 0 Å². The van der Waals surface area contributed by atoms with Crippen LogP contribution in [-0.4, -0.2) is 16.1 Å². The third-order valence-electron chi connectivity index (χ3n) is 2.47. The first kappa shape index (κ1) is 12.9. The second kappa shape index (κ2) is 5.01. The van der Waals surface area contributed by atoms with Gasteiger partial charge in [0.15, 0.2) is 11.6 Å². The van der Waals surface area contributed by atoms with Crippen LogP contribution in [0, 0.1) is 18.6 Å². The molecule has 1 aromatic heterocycles. The Hall–Kier alpha value is -2.50. The van der Waals surface area contributed by atoms with E-state index in [1.54, 1.807) is 19.1 Å². The minimum Gasteiger partial charge on any atom is -0.478 e. The van der Waals surface area contributed by atoms with E-state index in [-0.39, 0.29) is 0 Å². The molecule has 0 aliphatic heterocycles. The van der Waals surface area contributed by atoms with Crippen LogP contribution in [0.2, 0.25) is 0 Å². The van der Waals surface area contributed by atoms with Gasteiger partial charge >= 0.3 is 5.97 Å². The fraction of sp³-hybridized carbons (Fsp3) is 0.0769. The Kier molecular flexibility index (Phi) is 3.41. The number of hydrogen-bond acceptors (Lipinski definition) is 3. The van der Waals surface area contributed by atoms with E-state index in [2.05, 4.69) is 10.3 Å². The van der Waals surface area contributed by atoms with Gasteiger partial charge in [0.2, 0.25) is 0 Å². The van der Waals surface area contributed by atoms with Crippen LogP contribution in [0.1, 0.15) is 16.1 Å². The second-order valence-corrected chi connectivity index (χ2v) is 3.93.